The fourth-order valence-corrected chi connectivity index (χ4v) is 5.91. The highest BCUT2D eigenvalue weighted by molar-refractivity contribution is 7.92. The van der Waals surface area contributed by atoms with Gasteiger partial charge in [0.05, 0.1) is 20.6 Å². The van der Waals surface area contributed by atoms with E-state index in [1.54, 1.807) is 30.3 Å². The molecule has 2 amide bonds. The first-order valence-electron chi connectivity index (χ1n) is 10.9. The second kappa shape index (κ2) is 12.4. The van der Waals surface area contributed by atoms with E-state index >= 15 is 0 Å². The number of nitrogens with zero attached hydrogens (tertiary/aromatic N) is 2. The maximum Gasteiger partial charge on any atom is 0.264 e. The second-order valence-electron chi connectivity index (χ2n) is 7.95. The van der Waals surface area contributed by atoms with Crippen molar-refractivity contribution in [3.05, 3.63) is 92.4 Å². The number of likely N-dealkylation sites (N-methyl/N-ethyl adjacent to an activating group) is 1. The van der Waals surface area contributed by atoms with Crippen molar-refractivity contribution in [1.82, 2.24) is 10.2 Å². The van der Waals surface area contributed by atoms with Gasteiger partial charge in [-0.1, -0.05) is 76.7 Å². The van der Waals surface area contributed by atoms with Gasteiger partial charge in [-0.2, -0.15) is 0 Å². The number of rotatable bonds is 9. The van der Waals surface area contributed by atoms with E-state index in [9.17, 15) is 18.0 Å². The van der Waals surface area contributed by atoms with Crippen LogP contribution < -0.4 is 9.62 Å². The summed E-state index contributed by atoms with van der Waals surface area (Å²) in [6, 6.07) is 15.9. The zero-order valence-corrected chi connectivity index (χ0v) is 23.6. The van der Waals surface area contributed by atoms with E-state index in [-0.39, 0.29) is 27.2 Å². The summed E-state index contributed by atoms with van der Waals surface area (Å²) in [7, 11) is -2.82. The number of sulfonamides is 1. The number of carbonyl (C=O) groups is 2. The van der Waals surface area contributed by atoms with E-state index in [1.807, 2.05) is 0 Å². The Bertz CT molecular complexity index is 1400. The van der Waals surface area contributed by atoms with Crippen molar-refractivity contribution in [3.63, 3.8) is 0 Å². The molecule has 0 unspecified atom stereocenters. The van der Waals surface area contributed by atoms with Gasteiger partial charge in [-0.25, -0.2) is 8.42 Å². The summed E-state index contributed by atoms with van der Waals surface area (Å²) in [6.07, 6.45) is 0. The van der Waals surface area contributed by atoms with Crippen LogP contribution in [0.15, 0.2) is 71.6 Å². The standard InChI is InChI=1S/C25H23Cl4N3O4S/c1-16(25(34)30-2)31(14-17-11-12-18(26)13-21(17)28)23(33)15-32(22-10-6-9-20(27)24(22)29)37(35,36)19-7-4-3-5-8-19/h3-13,16H,14-15H2,1-2H3,(H,30,34)/t16-/m0/s1. The summed E-state index contributed by atoms with van der Waals surface area (Å²) in [5, 5.41) is 3.28. The number of carbonyl (C=O) groups excluding carboxylic acids is 2. The normalized spacial score (nSPS) is 12.1. The first-order chi connectivity index (χ1) is 17.5. The van der Waals surface area contributed by atoms with Crippen molar-refractivity contribution in [1.29, 1.82) is 0 Å². The molecule has 1 N–H and O–H groups in total. The molecule has 7 nitrogen and oxygen atoms in total. The van der Waals surface area contributed by atoms with Gasteiger partial charge < -0.3 is 10.2 Å². The van der Waals surface area contributed by atoms with Crippen molar-refractivity contribution in [3.8, 4) is 0 Å². The Balaban J connectivity index is 2.08. The molecule has 3 rings (SSSR count). The van der Waals surface area contributed by atoms with Crippen LogP contribution in [-0.2, 0) is 26.2 Å². The van der Waals surface area contributed by atoms with Gasteiger partial charge in [-0.3, -0.25) is 13.9 Å². The molecule has 0 aliphatic rings. The number of hydrogen-bond donors (Lipinski definition) is 1. The highest BCUT2D eigenvalue weighted by Crippen LogP contribution is 2.35. The van der Waals surface area contributed by atoms with Crippen molar-refractivity contribution in [2.75, 3.05) is 17.9 Å². The molecule has 12 heteroatoms. The number of anilines is 1. The lowest BCUT2D eigenvalue weighted by Crippen LogP contribution is -2.50. The predicted molar refractivity (Wildman–Crippen MR) is 148 cm³/mol. The number of benzene rings is 3. The first-order valence-corrected chi connectivity index (χ1v) is 13.9. The van der Waals surface area contributed by atoms with Crippen LogP contribution >= 0.6 is 46.4 Å². The Hall–Kier alpha value is -2.49. The molecular formula is C25H23Cl4N3O4S. The van der Waals surface area contributed by atoms with Crippen LogP contribution in [0.4, 0.5) is 5.69 Å². The fourth-order valence-electron chi connectivity index (χ4n) is 3.54. The molecule has 1 atom stereocenters. The highest BCUT2D eigenvalue weighted by Gasteiger charge is 2.33. The van der Waals surface area contributed by atoms with Crippen LogP contribution in [0.3, 0.4) is 0 Å². The molecule has 0 fully saturated rings. The predicted octanol–water partition coefficient (Wildman–Crippen LogP) is 5.66. The van der Waals surface area contributed by atoms with Crippen LogP contribution in [0.25, 0.3) is 0 Å². The SMILES string of the molecule is CNC(=O)[C@H](C)N(Cc1ccc(Cl)cc1Cl)C(=O)CN(c1cccc(Cl)c1Cl)S(=O)(=O)c1ccccc1. The average molecular weight is 603 g/mol. The van der Waals surface area contributed by atoms with E-state index in [2.05, 4.69) is 5.32 Å². The molecule has 196 valence electrons. The van der Waals surface area contributed by atoms with Crippen molar-refractivity contribution >= 4 is 73.9 Å². The van der Waals surface area contributed by atoms with E-state index in [4.69, 9.17) is 46.4 Å². The monoisotopic (exact) mass is 601 g/mol. The lowest BCUT2D eigenvalue weighted by atomic mass is 10.1. The zero-order valence-electron chi connectivity index (χ0n) is 19.8. The molecule has 0 bridgehead atoms. The summed E-state index contributed by atoms with van der Waals surface area (Å²) in [6.45, 7) is 0.790. The molecule has 0 aliphatic heterocycles. The molecule has 0 aromatic heterocycles. The van der Waals surface area contributed by atoms with Gasteiger partial charge in [0, 0.05) is 23.6 Å². The number of hydrogen-bond acceptors (Lipinski definition) is 4. The van der Waals surface area contributed by atoms with Crippen molar-refractivity contribution in [2.24, 2.45) is 0 Å². The van der Waals surface area contributed by atoms with Gasteiger partial charge >= 0.3 is 0 Å². The zero-order chi connectivity index (χ0) is 27.3. The van der Waals surface area contributed by atoms with Crippen LogP contribution in [0.2, 0.25) is 20.1 Å². The van der Waals surface area contributed by atoms with Gasteiger partial charge in [-0.15, -0.1) is 0 Å². The summed E-state index contributed by atoms with van der Waals surface area (Å²) in [4.78, 5) is 27.5. The minimum atomic E-state index is -4.26. The molecular weight excluding hydrogens is 580 g/mol. The van der Waals surface area contributed by atoms with Crippen LogP contribution in [-0.4, -0.2) is 44.8 Å². The maximum atomic E-state index is 13.7. The average Bonchev–Trinajstić information content (AvgIpc) is 2.88. The van der Waals surface area contributed by atoms with Crippen LogP contribution in [0.5, 0.6) is 0 Å². The summed E-state index contributed by atoms with van der Waals surface area (Å²) < 4.78 is 28.3. The summed E-state index contributed by atoms with van der Waals surface area (Å²) in [5.41, 5.74) is 0.539. The molecule has 0 saturated heterocycles. The van der Waals surface area contributed by atoms with Crippen molar-refractivity contribution in [2.45, 2.75) is 24.4 Å². The van der Waals surface area contributed by atoms with Crippen LogP contribution in [0, 0.1) is 0 Å². The largest absolute Gasteiger partial charge is 0.357 e. The maximum absolute atomic E-state index is 13.7. The third-order valence-electron chi connectivity index (χ3n) is 5.58. The molecule has 0 aliphatic carbocycles. The molecule has 3 aromatic rings. The third kappa shape index (κ3) is 6.69. The van der Waals surface area contributed by atoms with E-state index in [1.165, 1.54) is 55.3 Å². The Labute approximate surface area is 235 Å². The highest BCUT2D eigenvalue weighted by atomic mass is 35.5. The summed E-state index contributed by atoms with van der Waals surface area (Å²) >= 11 is 24.9. The molecule has 3 aromatic carbocycles. The minimum Gasteiger partial charge on any atom is -0.357 e. The molecule has 0 spiro atoms. The molecule has 37 heavy (non-hydrogen) atoms. The van der Waals surface area contributed by atoms with Gasteiger partial charge in [-0.05, 0) is 48.9 Å². The Morgan fingerprint density at radius 2 is 1.59 bits per heavy atom. The van der Waals surface area contributed by atoms with Gasteiger partial charge in [0.2, 0.25) is 11.8 Å². The van der Waals surface area contributed by atoms with Gasteiger partial charge in [0.1, 0.15) is 12.6 Å². The lowest BCUT2D eigenvalue weighted by molar-refractivity contribution is -0.139. The van der Waals surface area contributed by atoms with E-state index < -0.39 is 34.4 Å². The Morgan fingerprint density at radius 1 is 0.919 bits per heavy atom. The Kier molecular flexibility index (Phi) is 9.72. The Morgan fingerprint density at radius 3 is 2.22 bits per heavy atom. The quantitative estimate of drug-likeness (QED) is 0.342. The minimum absolute atomic E-state index is 0.0171. The summed E-state index contributed by atoms with van der Waals surface area (Å²) in [5.74, 6) is -1.12. The smallest absolute Gasteiger partial charge is 0.264 e. The molecule has 0 radical (unpaired) electrons. The van der Waals surface area contributed by atoms with Crippen LogP contribution in [0.1, 0.15) is 12.5 Å². The molecule has 0 heterocycles. The third-order valence-corrected chi connectivity index (χ3v) is 8.75. The molecule has 0 saturated carbocycles. The first kappa shape index (κ1) is 29.1. The number of amides is 2. The van der Waals surface area contributed by atoms with Gasteiger partial charge in [0.15, 0.2) is 0 Å². The lowest BCUT2D eigenvalue weighted by Gasteiger charge is -2.32. The van der Waals surface area contributed by atoms with Crippen molar-refractivity contribution < 1.29 is 18.0 Å². The fraction of sp³-hybridized carbons (Fsp3) is 0.200. The second-order valence-corrected chi connectivity index (χ2v) is 11.4. The van der Waals surface area contributed by atoms with E-state index in [0.717, 1.165) is 4.31 Å². The van der Waals surface area contributed by atoms with E-state index in [0.29, 0.717) is 15.6 Å². The number of halogens is 4. The van der Waals surface area contributed by atoms with Gasteiger partial charge in [0.25, 0.3) is 10.0 Å². The number of nitrogens with one attached hydrogen (secondary N) is 1. The topological polar surface area (TPSA) is 86.8 Å².